The van der Waals surface area contributed by atoms with Crippen LogP contribution in [0.15, 0.2) is 42.5 Å². The lowest BCUT2D eigenvalue weighted by Crippen LogP contribution is -2.40. The Morgan fingerprint density at radius 3 is 2.71 bits per heavy atom. The summed E-state index contributed by atoms with van der Waals surface area (Å²) in [4.78, 5) is 12.6. The molecule has 1 aliphatic heterocycles. The zero-order valence-corrected chi connectivity index (χ0v) is 13.8. The van der Waals surface area contributed by atoms with E-state index in [1.54, 1.807) is 18.2 Å². The van der Waals surface area contributed by atoms with Crippen LogP contribution in [0.4, 0.5) is 4.39 Å². The molecule has 2 aromatic carbocycles. The van der Waals surface area contributed by atoms with Crippen LogP contribution in [0.5, 0.6) is 11.5 Å². The molecule has 1 aliphatic rings. The zero-order chi connectivity index (χ0) is 17.2. The first-order valence-electron chi connectivity index (χ1n) is 7.90. The maximum Gasteiger partial charge on any atom is 0.231 e. The third-order valence-electron chi connectivity index (χ3n) is 4.30. The predicted octanol–water partition coefficient (Wildman–Crippen LogP) is 3.19. The fraction of sp³-hybridized carbons (Fsp3) is 0.316. The van der Waals surface area contributed by atoms with E-state index in [1.165, 1.54) is 6.07 Å². The maximum atomic E-state index is 13.6. The second kappa shape index (κ2) is 6.51. The average Bonchev–Trinajstić information content (AvgIpc) is 3.04. The van der Waals surface area contributed by atoms with Gasteiger partial charge in [-0.15, -0.1) is 0 Å². The largest absolute Gasteiger partial charge is 0.454 e. The minimum absolute atomic E-state index is 0.113. The van der Waals surface area contributed by atoms with Crippen LogP contribution in [-0.2, 0) is 16.6 Å². The number of amides is 1. The molecule has 2 aromatic rings. The maximum absolute atomic E-state index is 13.6. The molecule has 1 heterocycles. The van der Waals surface area contributed by atoms with E-state index >= 15 is 0 Å². The van der Waals surface area contributed by atoms with Crippen molar-refractivity contribution in [3.8, 4) is 11.5 Å². The van der Waals surface area contributed by atoms with Gasteiger partial charge in [-0.1, -0.05) is 24.3 Å². The first-order valence-corrected chi connectivity index (χ1v) is 7.90. The number of hydrogen-bond donors (Lipinski definition) is 1. The van der Waals surface area contributed by atoms with E-state index in [0.29, 0.717) is 30.0 Å². The number of halogens is 1. The second-order valence-corrected chi connectivity index (χ2v) is 6.29. The van der Waals surface area contributed by atoms with Gasteiger partial charge in [0.25, 0.3) is 0 Å². The average molecular weight is 329 g/mol. The normalized spacial score (nSPS) is 13.0. The summed E-state index contributed by atoms with van der Waals surface area (Å²) < 4.78 is 24.3. The van der Waals surface area contributed by atoms with Crippen LogP contribution in [0, 0.1) is 5.82 Å². The van der Waals surface area contributed by atoms with Gasteiger partial charge in [0.2, 0.25) is 12.7 Å². The van der Waals surface area contributed by atoms with Crippen molar-refractivity contribution >= 4 is 5.91 Å². The molecule has 0 saturated carbocycles. The number of fused-ring (bicyclic) bond motifs is 1. The lowest BCUT2D eigenvalue weighted by molar-refractivity contribution is -0.125. The highest BCUT2D eigenvalue weighted by atomic mass is 19.1. The Labute approximate surface area is 140 Å². The van der Waals surface area contributed by atoms with Gasteiger partial charge in [-0.25, -0.2) is 4.39 Å². The van der Waals surface area contributed by atoms with Gasteiger partial charge in [-0.05, 0) is 49.6 Å². The lowest BCUT2D eigenvalue weighted by atomic mass is 9.83. The number of rotatable bonds is 5. The summed E-state index contributed by atoms with van der Waals surface area (Å²) in [5.41, 5.74) is 0.713. The standard InChI is InChI=1S/C19H20FNO3/c1-19(2,14-7-8-16-17(11-14)24-12-23-16)18(22)21-10-9-13-5-3-4-6-15(13)20/h3-8,11H,9-10,12H2,1-2H3,(H,21,22). The summed E-state index contributed by atoms with van der Waals surface area (Å²) >= 11 is 0. The summed E-state index contributed by atoms with van der Waals surface area (Å²) in [5.74, 6) is 0.980. The van der Waals surface area contributed by atoms with Gasteiger partial charge in [0, 0.05) is 6.54 Å². The zero-order valence-electron chi connectivity index (χ0n) is 13.8. The minimum atomic E-state index is -0.726. The summed E-state index contributed by atoms with van der Waals surface area (Å²) in [7, 11) is 0. The van der Waals surface area contributed by atoms with Crippen molar-refractivity contribution in [2.45, 2.75) is 25.7 Å². The van der Waals surface area contributed by atoms with Crippen LogP contribution in [0.2, 0.25) is 0 Å². The van der Waals surface area contributed by atoms with Crippen molar-refractivity contribution in [1.82, 2.24) is 5.32 Å². The molecule has 5 heteroatoms. The summed E-state index contributed by atoms with van der Waals surface area (Å²) in [6, 6.07) is 12.1. The summed E-state index contributed by atoms with van der Waals surface area (Å²) in [6.07, 6.45) is 0.454. The fourth-order valence-electron chi connectivity index (χ4n) is 2.65. The Bertz CT molecular complexity index is 758. The molecule has 3 rings (SSSR count). The minimum Gasteiger partial charge on any atom is -0.454 e. The van der Waals surface area contributed by atoms with E-state index < -0.39 is 5.41 Å². The Hall–Kier alpha value is -2.56. The van der Waals surface area contributed by atoms with E-state index in [4.69, 9.17) is 9.47 Å². The van der Waals surface area contributed by atoms with Crippen LogP contribution in [-0.4, -0.2) is 19.2 Å². The first kappa shape index (κ1) is 16.3. The number of hydrogen-bond acceptors (Lipinski definition) is 3. The molecule has 1 amide bonds. The lowest BCUT2D eigenvalue weighted by Gasteiger charge is -2.24. The molecule has 0 spiro atoms. The number of ether oxygens (including phenoxy) is 2. The molecule has 4 nitrogen and oxygen atoms in total. The molecule has 0 radical (unpaired) electrons. The molecule has 0 unspecified atom stereocenters. The molecule has 24 heavy (non-hydrogen) atoms. The Kier molecular flexibility index (Phi) is 4.42. The highest BCUT2D eigenvalue weighted by Gasteiger charge is 2.31. The molecule has 0 saturated heterocycles. The van der Waals surface area contributed by atoms with Crippen molar-refractivity contribution in [1.29, 1.82) is 0 Å². The molecule has 126 valence electrons. The van der Waals surface area contributed by atoms with Crippen LogP contribution in [0.1, 0.15) is 25.0 Å². The van der Waals surface area contributed by atoms with E-state index in [1.807, 2.05) is 32.0 Å². The predicted molar refractivity (Wildman–Crippen MR) is 88.7 cm³/mol. The highest BCUT2D eigenvalue weighted by molar-refractivity contribution is 5.87. The molecule has 0 aromatic heterocycles. The molecule has 1 N–H and O–H groups in total. The Morgan fingerprint density at radius 2 is 1.92 bits per heavy atom. The number of nitrogens with one attached hydrogen (secondary N) is 1. The summed E-state index contributed by atoms with van der Waals surface area (Å²) in [5, 5.41) is 2.89. The third kappa shape index (κ3) is 3.20. The van der Waals surface area contributed by atoms with Crippen LogP contribution >= 0.6 is 0 Å². The SMILES string of the molecule is CC(C)(C(=O)NCCc1ccccc1F)c1ccc2c(c1)OCO2. The number of carbonyl (C=O) groups is 1. The Balaban J connectivity index is 1.64. The van der Waals surface area contributed by atoms with E-state index in [0.717, 1.165) is 5.56 Å². The quantitative estimate of drug-likeness (QED) is 0.916. The van der Waals surface area contributed by atoms with E-state index in [9.17, 15) is 9.18 Å². The molecule has 0 aliphatic carbocycles. The van der Waals surface area contributed by atoms with Crippen LogP contribution in [0.3, 0.4) is 0 Å². The fourth-order valence-corrected chi connectivity index (χ4v) is 2.65. The van der Waals surface area contributed by atoms with Crippen LogP contribution < -0.4 is 14.8 Å². The number of benzene rings is 2. The molecular weight excluding hydrogens is 309 g/mol. The summed E-state index contributed by atoms with van der Waals surface area (Å²) in [6.45, 7) is 4.29. The van der Waals surface area contributed by atoms with Gasteiger partial charge in [-0.2, -0.15) is 0 Å². The van der Waals surface area contributed by atoms with Crippen molar-refractivity contribution < 1.29 is 18.7 Å². The van der Waals surface area contributed by atoms with Gasteiger partial charge in [0.05, 0.1) is 5.41 Å². The van der Waals surface area contributed by atoms with E-state index in [2.05, 4.69) is 5.32 Å². The van der Waals surface area contributed by atoms with Gasteiger partial charge in [-0.3, -0.25) is 4.79 Å². The molecular formula is C19H20FNO3. The van der Waals surface area contributed by atoms with E-state index in [-0.39, 0.29) is 18.5 Å². The Morgan fingerprint density at radius 1 is 1.17 bits per heavy atom. The van der Waals surface area contributed by atoms with Gasteiger partial charge in [0.1, 0.15) is 5.82 Å². The van der Waals surface area contributed by atoms with Crippen molar-refractivity contribution in [3.05, 3.63) is 59.4 Å². The first-order chi connectivity index (χ1) is 11.5. The van der Waals surface area contributed by atoms with Crippen molar-refractivity contribution in [3.63, 3.8) is 0 Å². The van der Waals surface area contributed by atoms with Crippen molar-refractivity contribution in [2.75, 3.05) is 13.3 Å². The smallest absolute Gasteiger partial charge is 0.231 e. The van der Waals surface area contributed by atoms with Crippen molar-refractivity contribution in [2.24, 2.45) is 0 Å². The van der Waals surface area contributed by atoms with Crippen LogP contribution in [0.25, 0.3) is 0 Å². The second-order valence-electron chi connectivity index (χ2n) is 6.29. The van der Waals surface area contributed by atoms with Gasteiger partial charge in [0.15, 0.2) is 11.5 Å². The number of carbonyl (C=O) groups excluding carboxylic acids is 1. The molecule has 0 fully saturated rings. The monoisotopic (exact) mass is 329 g/mol. The third-order valence-corrected chi connectivity index (χ3v) is 4.30. The highest BCUT2D eigenvalue weighted by Crippen LogP contribution is 2.36. The molecule has 0 atom stereocenters. The van der Waals surface area contributed by atoms with Gasteiger partial charge < -0.3 is 14.8 Å². The topological polar surface area (TPSA) is 47.6 Å². The molecule has 0 bridgehead atoms. The van der Waals surface area contributed by atoms with Gasteiger partial charge >= 0.3 is 0 Å².